The van der Waals surface area contributed by atoms with Gasteiger partial charge in [-0.3, -0.25) is 9.69 Å². The summed E-state index contributed by atoms with van der Waals surface area (Å²) in [6.45, 7) is 12.7. The lowest BCUT2D eigenvalue weighted by Crippen LogP contribution is -2.70. The smallest absolute Gasteiger partial charge is 0.410 e. The number of fused-ring (bicyclic) bond motifs is 2. The Morgan fingerprint density at radius 2 is 1.73 bits per heavy atom. The molecule has 0 unspecified atom stereocenters. The van der Waals surface area contributed by atoms with Gasteiger partial charge in [-0.1, -0.05) is 79.5 Å². The predicted molar refractivity (Wildman–Crippen MR) is 231 cm³/mol. The molecule has 2 aliphatic carbocycles. The topological polar surface area (TPSA) is 136 Å². The number of hydrogen-bond donors (Lipinski definition) is 2. The van der Waals surface area contributed by atoms with E-state index in [1.54, 1.807) is 29.2 Å². The number of allylic oxidation sites excluding steroid dienone is 1. The first kappa shape index (κ1) is 44.6. The molecule has 11 heteroatoms. The lowest BCUT2D eigenvalue weighted by atomic mass is 9.55. The van der Waals surface area contributed by atoms with Crippen molar-refractivity contribution < 1.29 is 43.6 Å². The fourth-order valence-corrected chi connectivity index (χ4v) is 9.11. The van der Waals surface area contributed by atoms with E-state index in [-0.39, 0.29) is 50.6 Å². The molecule has 1 heterocycles. The minimum atomic E-state index is -1.41. The summed E-state index contributed by atoms with van der Waals surface area (Å²) in [5, 5.41) is 24.7. The highest BCUT2D eigenvalue weighted by Gasteiger charge is 2.65. The molecule has 0 radical (unpaired) electrons. The second kappa shape index (κ2) is 20.5. The number of hydrogen-bond acceptors (Lipinski definition) is 10. The second-order valence-electron chi connectivity index (χ2n) is 17.0. The van der Waals surface area contributed by atoms with Crippen LogP contribution in [0, 0.1) is 17.8 Å². The molecule has 0 saturated heterocycles. The number of unbranched alkanes of at least 4 members (excludes halogenated alkanes) is 2. The summed E-state index contributed by atoms with van der Waals surface area (Å²) in [5.74, 6) is -0.282. The molecule has 6 atom stereocenters. The molecule has 3 aromatic rings. The van der Waals surface area contributed by atoms with Crippen LogP contribution in [0.3, 0.4) is 0 Å². The number of carbonyl (C=O) groups excluding carboxylic acids is 2. The van der Waals surface area contributed by atoms with Gasteiger partial charge >= 0.3 is 6.09 Å². The number of aliphatic hydroxyl groups excluding tert-OH is 2. The van der Waals surface area contributed by atoms with Crippen LogP contribution in [0.15, 0.2) is 102 Å². The molecule has 322 valence electrons. The van der Waals surface area contributed by atoms with Gasteiger partial charge in [0.25, 0.3) is 0 Å². The Labute approximate surface area is 355 Å². The Balaban J connectivity index is 1.57. The summed E-state index contributed by atoms with van der Waals surface area (Å²) in [7, 11) is 0. The third kappa shape index (κ3) is 10.3. The summed E-state index contributed by atoms with van der Waals surface area (Å²) < 4.78 is 26.9. The molecule has 1 fully saturated rings. The summed E-state index contributed by atoms with van der Waals surface area (Å²) in [4.78, 5) is 34.1. The van der Waals surface area contributed by atoms with Crippen LogP contribution >= 0.6 is 0 Å². The monoisotopic (exact) mass is 822 g/mol. The molecule has 60 heavy (non-hydrogen) atoms. The fourth-order valence-electron chi connectivity index (χ4n) is 9.11. The first-order valence-electron chi connectivity index (χ1n) is 21.5. The highest BCUT2D eigenvalue weighted by Crippen LogP contribution is 2.62. The number of benzene rings is 3. The van der Waals surface area contributed by atoms with E-state index in [0.29, 0.717) is 54.3 Å². The third-order valence-electron chi connectivity index (χ3n) is 11.6. The van der Waals surface area contributed by atoms with Crippen molar-refractivity contribution in [2.24, 2.45) is 22.9 Å². The van der Waals surface area contributed by atoms with Crippen LogP contribution in [-0.4, -0.2) is 77.0 Å². The van der Waals surface area contributed by atoms with Crippen LogP contribution in [0.5, 0.6) is 17.2 Å². The maximum absolute atomic E-state index is 14.5. The van der Waals surface area contributed by atoms with Crippen LogP contribution in [0.25, 0.3) is 0 Å². The number of amides is 1. The zero-order valence-electron chi connectivity index (χ0n) is 35.6. The van der Waals surface area contributed by atoms with Crippen molar-refractivity contribution in [3.8, 4) is 17.2 Å². The Bertz CT molecular complexity index is 1970. The fraction of sp³-hybridized carbons (Fsp3) is 0.490. The number of carbonyl (C=O) groups is 2. The van der Waals surface area contributed by atoms with Crippen molar-refractivity contribution in [3.05, 3.63) is 114 Å². The average Bonchev–Trinajstić information content (AvgIpc) is 3.24. The maximum Gasteiger partial charge on any atom is 0.410 e. The highest BCUT2D eigenvalue weighted by molar-refractivity contribution is 6.03. The van der Waals surface area contributed by atoms with Gasteiger partial charge in [-0.25, -0.2) is 4.79 Å². The normalized spacial score (nSPS) is 23.7. The zero-order chi connectivity index (χ0) is 42.7. The molecular weight excluding hydrogens is 761 g/mol. The number of nitrogens with zero attached hydrogens (tertiary/aromatic N) is 2. The van der Waals surface area contributed by atoms with Gasteiger partial charge in [0.05, 0.1) is 18.2 Å². The van der Waals surface area contributed by atoms with Gasteiger partial charge in [-0.2, -0.15) is 0 Å². The van der Waals surface area contributed by atoms with E-state index >= 15 is 0 Å². The van der Waals surface area contributed by atoms with Gasteiger partial charge in [0.1, 0.15) is 41.8 Å². The summed E-state index contributed by atoms with van der Waals surface area (Å²) in [6.07, 6.45) is 9.82. The first-order chi connectivity index (χ1) is 29.0. The molecule has 3 aliphatic rings. The molecule has 0 bridgehead atoms. The van der Waals surface area contributed by atoms with Crippen molar-refractivity contribution in [3.63, 3.8) is 0 Å². The number of ether oxygens (including phenoxy) is 4. The summed E-state index contributed by atoms with van der Waals surface area (Å²) in [6, 6.07) is 21.7. The Kier molecular flexibility index (Phi) is 15.3. The predicted octanol–water partition coefficient (Wildman–Crippen LogP) is 9.77. The third-order valence-corrected chi connectivity index (χ3v) is 11.6. The highest BCUT2D eigenvalue weighted by atomic mass is 16.7. The molecule has 0 spiro atoms. The van der Waals surface area contributed by atoms with E-state index < -0.39 is 29.4 Å². The molecule has 1 amide bonds. The van der Waals surface area contributed by atoms with Crippen molar-refractivity contribution in [1.82, 2.24) is 4.90 Å². The Morgan fingerprint density at radius 1 is 0.983 bits per heavy atom. The quantitative estimate of drug-likeness (QED) is 0.0494. The molecule has 3 aromatic carbocycles. The van der Waals surface area contributed by atoms with Crippen LogP contribution in [-0.2, 0) is 20.9 Å². The van der Waals surface area contributed by atoms with E-state index in [0.717, 1.165) is 48.7 Å². The number of aldehydes is 1. The molecule has 11 nitrogen and oxygen atoms in total. The van der Waals surface area contributed by atoms with Crippen LogP contribution in [0.2, 0.25) is 0 Å². The molecule has 1 saturated carbocycles. The van der Waals surface area contributed by atoms with Crippen molar-refractivity contribution in [1.29, 1.82) is 0 Å². The van der Waals surface area contributed by atoms with Crippen molar-refractivity contribution in [2.45, 2.75) is 109 Å². The number of aliphatic hydroxyl groups is 2. The number of rotatable bonds is 20. The average molecular weight is 823 g/mol. The molecule has 0 aromatic heterocycles. The second-order valence-corrected chi connectivity index (χ2v) is 17.0. The lowest BCUT2D eigenvalue weighted by Gasteiger charge is -2.60. The van der Waals surface area contributed by atoms with Gasteiger partial charge in [-0.15, -0.1) is 6.58 Å². The molecule has 1 aliphatic heterocycles. The molecular formula is C49H62N2O9. The largest absolute Gasteiger partial charge is 0.459 e. The summed E-state index contributed by atoms with van der Waals surface area (Å²) in [5.41, 5.74) is 3.37. The van der Waals surface area contributed by atoms with E-state index in [2.05, 4.69) is 12.7 Å². The minimum Gasteiger partial charge on any atom is -0.459 e. The Hall–Kier alpha value is -4.97. The molecule has 6 rings (SSSR count). The van der Waals surface area contributed by atoms with E-state index in [4.69, 9.17) is 28.9 Å². The minimum absolute atomic E-state index is 0.0418. The van der Waals surface area contributed by atoms with E-state index in [9.17, 15) is 19.8 Å². The first-order valence-corrected chi connectivity index (χ1v) is 21.5. The van der Waals surface area contributed by atoms with Gasteiger partial charge in [0.15, 0.2) is 0 Å². The van der Waals surface area contributed by atoms with Gasteiger partial charge < -0.3 is 34.0 Å². The van der Waals surface area contributed by atoms with Gasteiger partial charge in [0, 0.05) is 43.2 Å². The Morgan fingerprint density at radius 3 is 2.43 bits per heavy atom. The number of oxime groups is 1. The van der Waals surface area contributed by atoms with Gasteiger partial charge in [-0.05, 0) is 106 Å². The van der Waals surface area contributed by atoms with Crippen molar-refractivity contribution in [2.75, 3.05) is 26.4 Å². The van der Waals surface area contributed by atoms with E-state index in [1.807, 2.05) is 82.3 Å². The van der Waals surface area contributed by atoms with Crippen molar-refractivity contribution >= 4 is 18.1 Å². The van der Waals surface area contributed by atoms with Gasteiger partial charge in [0.2, 0.25) is 5.79 Å². The van der Waals surface area contributed by atoms with Crippen LogP contribution < -0.4 is 9.47 Å². The maximum atomic E-state index is 14.5. The lowest BCUT2D eigenvalue weighted by molar-refractivity contribution is -0.255. The van der Waals surface area contributed by atoms with E-state index in [1.165, 1.54) is 0 Å². The van der Waals surface area contributed by atoms with Crippen LogP contribution in [0.4, 0.5) is 4.79 Å². The van der Waals surface area contributed by atoms with Crippen LogP contribution in [0.1, 0.15) is 106 Å². The SMILES string of the molecule is C=CCO[C@@]12Oc3ccc(Oc4cccc(C=O)c4)cc3[C@H]3[C@H](CCCCO)[C@@H](CCCCO)C=C(C(=NOC(C)(C)C)C[C@@H]1N(CCC)C(=O)OCc1ccccc1)[C@H]32. The molecule has 2 N–H and O–H groups in total. The zero-order valence-corrected chi connectivity index (χ0v) is 35.6. The standard InChI is InChI=1S/C49H62N2O9/c1-6-24-51(47(55)56-33-34-16-9-8-10-17-34)44-31-42(50-60-48(3,4)5)40-29-36(19-11-13-25-52)39(21-12-14-26-53)45-41-30-38(58-37-20-15-18-35(28-37)32-54)22-23-43(41)59-49(44,46(40)45)57-27-7-2/h7-10,15-18,20,22-23,28-30,32,36,39,44-46,52-53H,2,6,11-14,19,21,24-27,31,33H2,1,3-5H3/t36-,39+,44-,45+,46+,49+/m0/s1. The summed E-state index contributed by atoms with van der Waals surface area (Å²) >= 11 is 0.